The van der Waals surface area contributed by atoms with E-state index >= 15 is 0 Å². The van der Waals surface area contributed by atoms with Crippen LogP contribution in [0.15, 0.2) is 30.3 Å². The molecule has 1 rings (SSSR count). The van der Waals surface area contributed by atoms with Crippen molar-refractivity contribution in [2.75, 3.05) is 0 Å². The summed E-state index contributed by atoms with van der Waals surface area (Å²) in [6.07, 6.45) is 8.91. The molecule has 0 spiro atoms. The van der Waals surface area contributed by atoms with E-state index < -0.39 is 0 Å². The van der Waals surface area contributed by atoms with Crippen LogP contribution in [0.4, 0.5) is 0 Å². The molecule has 0 bridgehead atoms. The molecule has 0 heteroatoms. The van der Waals surface area contributed by atoms with Crippen molar-refractivity contribution in [1.29, 1.82) is 0 Å². The molecule has 0 saturated heterocycles. The maximum absolute atomic E-state index is 2.41. The van der Waals surface area contributed by atoms with Crippen LogP contribution in [0.5, 0.6) is 0 Å². The van der Waals surface area contributed by atoms with Crippen molar-refractivity contribution in [3.05, 3.63) is 42.3 Å². The summed E-state index contributed by atoms with van der Waals surface area (Å²) < 4.78 is 0. The highest BCUT2D eigenvalue weighted by molar-refractivity contribution is 5.16. The Balaban J connectivity index is 1.98. The van der Waals surface area contributed by atoms with Crippen LogP contribution in [-0.2, 0) is 6.42 Å². The van der Waals surface area contributed by atoms with Gasteiger partial charge in [-0.1, -0.05) is 63.4 Å². The van der Waals surface area contributed by atoms with E-state index in [0.29, 0.717) is 0 Å². The molecule has 1 aromatic carbocycles. The van der Waals surface area contributed by atoms with E-state index in [2.05, 4.69) is 50.6 Å². The minimum Gasteiger partial charge on any atom is -0.0628 e. The average Bonchev–Trinajstić information content (AvgIpc) is 2.24. The van der Waals surface area contributed by atoms with Crippen molar-refractivity contribution in [3.8, 4) is 0 Å². The Morgan fingerprint density at radius 3 is 2.47 bits per heavy atom. The van der Waals surface area contributed by atoms with Gasteiger partial charge in [0.15, 0.2) is 0 Å². The fraction of sp³-hybridized carbons (Fsp3) is 0.533. The van der Waals surface area contributed by atoms with Crippen molar-refractivity contribution in [3.63, 3.8) is 0 Å². The topological polar surface area (TPSA) is 0 Å². The minimum atomic E-state index is 0.860. The van der Waals surface area contributed by atoms with E-state index in [9.17, 15) is 0 Å². The van der Waals surface area contributed by atoms with Crippen molar-refractivity contribution in [2.24, 2.45) is 5.92 Å². The molecule has 0 aliphatic rings. The van der Waals surface area contributed by atoms with Gasteiger partial charge >= 0.3 is 0 Å². The zero-order valence-electron chi connectivity index (χ0n) is 10.1. The lowest BCUT2D eigenvalue weighted by Crippen LogP contribution is -1.89. The van der Waals surface area contributed by atoms with Crippen LogP contribution in [0.3, 0.4) is 0 Å². The Bertz CT molecular complexity index is 235. The van der Waals surface area contributed by atoms with Gasteiger partial charge in [0, 0.05) is 0 Å². The SMILES string of the molecule is CC(C)CCCC[CH]Cc1ccccc1. The molecule has 1 aromatic rings. The summed E-state index contributed by atoms with van der Waals surface area (Å²) in [6, 6.07) is 10.7. The lowest BCUT2D eigenvalue weighted by molar-refractivity contribution is 0.535. The summed E-state index contributed by atoms with van der Waals surface area (Å²) in [7, 11) is 0. The van der Waals surface area contributed by atoms with E-state index in [0.717, 1.165) is 12.3 Å². The summed E-state index contributed by atoms with van der Waals surface area (Å²) in [5, 5.41) is 0. The Labute approximate surface area is 94.7 Å². The van der Waals surface area contributed by atoms with E-state index in [1.165, 1.54) is 31.2 Å². The van der Waals surface area contributed by atoms with Gasteiger partial charge in [-0.2, -0.15) is 0 Å². The molecule has 0 amide bonds. The van der Waals surface area contributed by atoms with E-state index in [1.54, 1.807) is 0 Å². The number of hydrogen-bond donors (Lipinski definition) is 0. The molecular weight excluding hydrogens is 180 g/mol. The van der Waals surface area contributed by atoms with Crippen LogP contribution in [0.1, 0.15) is 45.1 Å². The zero-order valence-corrected chi connectivity index (χ0v) is 10.1. The molecule has 15 heavy (non-hydrogen) atoms. The summed E-state index contributed by atoms with van der Waals surface area (Å²) in [6.45, 7) is 4.60. The molecule has 0 fully saturated rings. The highest BCUT2D eigenvalue weighted by atomic mass is 14.0. The predicted molar refractivity (Wildman–Crippen MR) is 67.8 cm³/mol. The van der Waals surface area contributed by atoms with Gasteiger partial charge in [0.2, 0.25) is 0 Å². The second-order valence-electron chi connectivity index (χ2n) is 4.66. The summed E-state index contributed by atoms with van der Waals surface area (Å²) in [5.41, 5.74) is 1.43. The Morgan fingerprint density at radius 1 is 1.07 bits per heavy atom. The first kappa shape index (κ1) is 12.3. The van der Waals surface area contributed by atoms with E-state index in [1.807, 2.05) is 0 Å². The maximum atomic E-state index is 2.41. The fourth-order valence-electron chi connectivity index (χ4n) is 1.72. The van der Waals surface area contributed by atoms with Crippen molar-refractivity contribution >= 4 is 0 Å². The summed E-state index contributed by atoms with van der Waals surface area (Å²) in [4.78, 5) is 0. The van der Waals surface area contributed by atoms with Gasteiger partial charge in [0.05, 0.1) is 0 Å². The second kappa shape index (κ2) is 7.50. The monoisotopic (exact) mass is 203 g/mol. The maximum Gasteiger partial charge on any atom is -0.0248 e. The molecule has 0 atom stereocenters. The molecule has 0 aromatic heterocycles. The highest BCUT2D eigenvalue weighted by Gasteiger charge is 1.95. The molecule has 1 radical (unpaired) electrons. The Morgan fingerprint density at radius 2 is 1.80 bits per heavy atom. The van der Waals surface area contributed by atoms with Crippen LogP contribution < -0.4 is 0 Å². The van der Waals surface area contributed by atoms with Crippen LogP contribution in [0, 0.1) is 12.3 Å². The predicted octanol–water partition coefficient (Wildman–Crippen LogP) is 4.65. The number of hydrogen-bond acceptors (Lipinski definition) is 0. The van der Waals surface area contributed by atoms with Crippen LogP contribution >= 0.6 is 0 Å². The molecule has 0 N–H and O–H groups in total. The molecule has 0 unspecified atom stereocenters. The first-order valence-corrected chi connectivity index (χ1v) is 6.14. The second-order valence-corrected chi connectivity index (χ2v) is 4.66. The van der Waals surface area contributed by atoms with Crippen molar-refractivity contribution in [1.82, 2.24) is 0 Å². The minimum absolute atomic E-state index is 0.860. The molecule has 0 heterocycles. The van der Waals surface area contributed by atoms with Crippen molar-refractivity contribution in [2.45, 2.75) is 46.0 Å². The largest absolute Gasteiger partial charge is 0.0628 e. The third-order valence-electron chi connectivity index (χ3n) is 2.66. The molecular formula is C15H23. The first-order chi connectivity index (χ1) is 7.29. The lowest BCUT2D eigenvalue weighted by atomic mass is 10.0. The Hall–Kier alpha value is -0.780. The molecule has 83 valence electrons. The van der Waals surface area contributed by atoms with Gasteiger partial charge in [0.1, 0.15) is 0 Å². The Kier molecular flexibility index (Phi) is 6.15. The highest BCUT2D eigenvalue weighted by Crippen LogP contribution is 2.11. The van der Waals surface area contributed by atoms with Gasteiger partial charge in [-0.05, 0) is 30.7 Å². The third kappa shape index (κ3) is 6.33. The number of benzene rings is 1. The zero-order chi connectivity index (χ0) is 10.9. The van der Waals surface area contributed by atoms with Gasteiger partial charge in [-0.25, -0.2) is 0 Å². The van der Waals surface area contributed by atoms with Crippen LogP contribution in [0.25, 0.3) is 0 Å². The standard InChI is InChI=1S/C15H23/c1-14(2)10-6-3-4-7-11-15-12-8-5-9-13-15/h5,7-9,12-14H,3-4,6,10-11H2,1-2H3. The molecule has 0 aliphatic heterocycles. The lowest BCUT2D eigenvalue weighted by Gasteiger charge is -2.04. The summed E-state index contributed by atoms with van der Waals surface area (Å²) >= 11 is 0. The number of rotatable bonds is 7. The number of unbranched alkanes of at least 4 members (excludes halogenated alkanes) is 3. The molecule has 0 aliphatic carbocycles. The van der Waals surface area contributed by atoms with Gasteiger partial charge in [-0.3, -0.25) is 0 Å². The normalized spacial score (nSPS) is 10.9. The van der Waals surface area contributed by atoms with E-state index in [4.69, 9.17) is 0 Å². The average molecular weight is 203 g/mol. The third-order valence-corrected chi connectivity index (χ3v) is 2.66. The van der Waals surface area contributed by atoms with Gasteiger partial charge in [0.25, 0.3) is 0 Å². The van der Waals surface area contributed by atoms with Gasteiger partial charge in [-0.15, -0.1) is 0 Å². The van der Waals surface area contributed by atoms with Crippen LogP contribution in [0.2, 0.25) is 0 Å². The molecule has 0 saturated carbocycles. The summed E-state index contributed by atoms with van der Waals surface area (Å²) in [5.74, 6) is 0.860. The smallest absolute Gasteiger partial charge is 0.0248 e. The van der Waals surface area contributed by atoms with Crippen LogP contribution in [-0.4, -0.2) is 0 Å². The van der Waals surface area contributed by atoms with Gasteiger partial charge < -0.3 is 0 Å². The first-order valence-electron chi connectivity index (χ1n) is 6.14. The fourth-order valence-corrected chi connectivity index (χ4v) is 1.72. The van der Waals surface area contributed by atoms with Crippen molar-refractivity contribution < 1.29 is 0 Å². The molecule has 0 nitrogen and oxygen atoms in total. The van der Waals surface area contributed by atoms with E-state index in [-0.39, 0.29) is 0 Å². The quantitative estimate of drug-likeness (QED) is 0.566.